The van der Waals surface area contributed by atoms with Crippen LogP contribution < -0.4 is 20.1 Å². The first-order valence-electron chi connectivity index (χ1n) is 7.65. The van der Waals surface area contributed by atoms with Gasteiger partial charge in [-0.25, -0.2) is 9.97 Å². The van der Waals surface area contributed by atoms with Crippen LogP contribution in [0.5, 0.6) is 11.5 Å². The van der Waals surface area contributed by atoms with E-state index in [-0.39, 0.29) is 5.69 Å². The van der Waals surface area contributed by atoms with E-state index >= 15 is 0 Å². The molecule has 2 heterocycles. The molecule has 0 atom stereocenters. The summed E-state index contributed by atoms with van der Waals surface area (Å²) in [6.07, 6.45) is 1.29. The lowest BCUT2D eigenvalue weighted by molar-refractivity contribution is 0.102. The topological polar surface area (TPSA) is 111 Å². The predicted octanol–water partition coefficient (Wildman–Crippen LogP) is 2.79. The Morgan fingerprint density at radius 1 is 1.08 bits per heavy atom. The van der Waals surface area contributed by atoms with E-state index in [4.69, 9.17) is 14.0 Å². The normalized spacial score (nSPS) is 10.3. The molecular formula is C17H17N5O4. The Hall–Kier alpha value is -3.62. The van der Waals surface area contributed by atoms with Gasteiger partial charge in [-0.05, 0) is 19.1 Å². The van der Waals surface area contributed by atoms with Gasteiger partial charge in [0.25, 0.3) is 5.91 Å². The molecule has 2 N–H and O–H groups in total. The number of rotatable bonds is 6. The minimum atomic E-state index is -0.426. The highest BCUT2D eigenvalue weighted by molar-refractivity contribution is 6.02. The molecule has 2 aromatic heterocycles. The van der Waals surface area contributed by atoms with Crippen LogP contribution in [0.15, 0.2) is 41.2 Å². The fourth-order valence-electron chi connectivity index (χ4n) is 2.20. The minimum Gasteiger partial charge on any atom is -0.497 e. The number of nitrogens with one attached hydrogen (secondary N) is 2. The Morgan fingerprint density at radius 3 is 2.62 bits per heavy atom. The van der Waals surface area contributed by atoms with Gasteiger partial charge < -0.3 is 24.6 Å². The fraction of sp³-hybridized carbons (Fsp3) is 0.176. The van der Waals surface area contributed by atoms with E-state index in [0.29, 0.717) is 34.6 Å². The number of carbonyl (C=O) groups excluding carboxylic acids is 1. The molecule has 0 spiro atoms. The number of carbonyl (C=O) groups is 1. The molecule has 0 aliphatic rings. The van der Waals surface area contributed by atoms with Crippen LogP contribution in [0, 0.1) is 6.92 Å². The molecule has 3 rings (SSSR count). The van der Waals surface area contributed by atoms with E-state index in [9.17, 15) is 4.79 Å². The van der Waals surface area contributed by atoms with Gasteiger partial charge in [0.05, 0.1) is 19.9 Å². The lowest BCUT2D eigenvalue weighted by Crippen LogP contribution is -2.14. The van der Waals surface area contributed by atoms with Crippen molar-refractivity contribution in [3.63, 3.8) is 0 Å². The number of aryl methyl sites for hydroxylation is 1. The van der Waals surface area contributed by atoms with Gasteiger partial charge in [-0.3, -0.25) is 4.79 Å². The van der Waals surface area contributed by atoms with Crippen LogP contribution in [0.3, 0.4) is 0 Å². The average molecular weight is 355 g/mol. The van der Waals surface area contributed by atoms with Crippen LogP contribution in [-0.2, 0) is 0 Å². The van der Waals surface area contributed by atoms with E-state index in [1.807, 2.05) is 0 Å². The maximum Gasteiger partial charge on any atom is 0.275 e. The molecule has 0 radical (unpaired) electrons. The SMILES string of the molecule is COc1ccc(Nc2cc(C(=O)Nc3cc(C)on3)ncn2)c(OC)c1. The third-order valence-corrected chi connectivity index (χ3v) is 3.44. The second-order valence-corrected chi connectivity index (χ2v) is 5.26. The third-order valence-electron chi connectivity index (χ3n) is 3.44. The van der Waals surface area contributed by atoms with E-state index in [2.05, 4.69) is 25.8 Å². The summed E-state index contributed by atoms with van der Waals surface area (Å²) >= 11 is 0. The highest BCUT2D eigenvalue weighted by atomic mass is 16.5. The standard InChI is InChI=1S/C17H17N5O4/c1-10-6-16(22-26-10)21-17(23)13-8-15(19-9-18-13)20-12-5-4-11(24-2)7-14(12)25-3/h4-9H,1-3H3,(H,18,19,20)(H,21,22,23). The van der Waals surface area contributed by atoms with Crippen molar-refractivity contribution >= 4 is 23.2 Å². The quantitative estimate of drug-likeness (QED) is 0.694. The number of ether oxygens (including phenoxy) is 2. The summed E-state index contributed by atoms with van der Waals surface area (Å²) in [7, 11) is 3.13. The molecule has 9 heteroatoms. The molecule has 134 valence electrons. The van der Waals surface area contributed by atoms with Gasteiger partial charge in [-0.1, -0.05) is 5.16 Å². The first-order chi connectivity index (χ1) is 12.6. The van der Waals surface area contributed by atoms with E-state index in [1.165, 1.54) is 12.4 Å². The van der Waals surface area contributed by atoms with Gasteiger partial charge in [0.1, 0.15) is 35.1 Å². The second kappa shape index (κ2) is 7.51. The zero-order valence-corrected chi connectivity index (χ0v) is 14.4. The molecule has 1 aromatic carbocycles. The van der Waals surface area contributed by atoms with E-state index < -0.39 is 5.91 Å². The molecular weight excluding hydrogens is 338 g/mol. The molecule has 26 heavy (non-hydrogen) atoms. The number of aromatic nitrogens is 3. The third kappa shape index (κ3) is 3.89. The molecule has 0 unspecified atom stereocenters. The maximum absolute atomic E-state index is 12.3. The first-order valence-corrected chi connectivity index (χ1v) is 7.65. The summed E-state index contributed by atoms with van der Waals surface area (Å²) in [6, 6.07) is 8.45. The molecule has 0 saturated carbocycles. The largest absolute Gasteiger partial charge is 0.497 e. The van der Waals surface area contributed by atoms with Crippen molar-refractivity contribution in [2.24, 2.45) is 0 Å². The fourth-order valence-corrected chi connectivity index (χ4v) is 2.20. The zero-order valence-electron chi connectivity index (χ0n) is 14.4. The smallest absolute Gasteiger partial charge is 0.275 e. The summed E-state index contributed by atoms with van der Waals surface area (Å²) in [5, 5.41) is 9.41. The summed E-state index contributed by atoms with van der Waals surface area (Å²) in [5.74, 6) is 2.16. The molecule has 9 nitrogen and oxygen atoms in total. The highest BCUT2D eigenvalue weighted by Crippen LogP contribution is 2.31. The molecule has 0 saturated heterocycles. The average Bonchev–Trinajstić information content (AvgIpc) is 3.07. The maximum atomic E-state index is 12.3. The number of amides is 1. The molecule has 0 bridgehead atoms. The molecule has 0 fully saturated rings. The van der Waals surface area contributed by atoms with E-state index in [0.717, 1.165) is 0 Å². The van der Waals surface area contributed by atoms with Gasteiger partial charge in [0, 0.05) is 18.2 Å². The second-order valence-electron chi connectivity index (χ2n) is 5.26. The van der Waals surface area contributed by atoms with Crippen LogP contribution in [-0.4, -0.2) is 35.3 Å². The van der Waals surface area contributed by atoms with Crippen molar-refractivity contribution in [1.29, 1.82) is 0 Å². The number of nitrogens with zero attached hydrogens (tertiary/aromatic N) is 3. The lowest BCUT2D eigenvalue weighted by Gasteiger charge is -2.12. The minimum absolute atomic E-state index is 0.177. The van der Waals surface area contributed by atoms with Crippen molar-refractivity contribution in [2.45, 2.75) is 6.92 Å². The van der Waals surface area contributed by atoms with Gasteiger partial charge >= 0.3 is 0 Å². The Balaban J connectivity index is 1.78. The number of benzene rings is 1. The van der Waals surface area contributed by atoms with Gasteiger partial charge in [0.15, 0.2) is 5.82 Å². The van der Waals surface area contributed by atoms with Crippen LogP contribution in [0.2, 0.25) is 0 Å². The van der Waals surface area contributed by atoms with Crippen molar-refractivity contribution in [3.8, 4) is 11.5 Å². The number of anilines is 3. The van der Waals surface area contributed by atoms with Gasteiger partial charge in [0.2, 0.25) is 0 Å². The zero-order chi connectivity index (χ0) is 18.5. The van der Waals surface area contributed by atoms with Crippen LogP contribution in [0.1, 0.15) is 16.2 Å². The molecule has 3 aromatic rings. The lowest BCUT2D eigenvalue weighted by atomic mass is 10.2. The van der Waals surface area contributed by atoms with Crippen LogP contribution in [0.4, 0.5) is 17.3 Å². The molecule has 0 aliphatic carbocycles. The van der Waals surface area contributed by atoms with Crippen molar-refractivity contribution in [2.75, 3.05) is 24.9 Å². The number of hydrogen-bond acceptors (Lipinski definition) is 8. The van der Waals surface area contributed by atoms with E-state index in [1.54, 1.807) is 45.4 Å². The monoisotopic (exact) mass is 355 g/mol. The highest BCUT2D eigenvalue weighted by Gasteiger charge is 2.13. The first kappa shape index (κ1) is 17.2. The predicted molar refractivity (Wildman–Crippen MR) is 94.1 cm³/mol. The van der Waals surface area contributed by atoms with Crippen molar-refractivity contribution in [1.82, 2.24) is 15.1 Å². The molecule has 1 amide bonds. The summed E-state index contributed by atoms with van der Waals surface area (Å²) < 4.78 is 15.4. The Morgan fingerprint density at radius 2 is 1.92 bits per heavy atom. The Kier molecular flexibility index (Phi) is 4.97. The summed E-state index contributed by atoms with van der Waals surface area (Å²) in [6.45, 7) is 1.73. The number of hydrogen-bond donors (Lipinski definition) is 2. The Labute approximate surface area is 149 Å². The van der Waals surface area contributed by atoms with Gasteiger partial charge in [-0.15, -0.1) is 0 Å². The summed E-state index contributed by atoms with van der Waals surface area (Å²) in [4.78, 5) is 20.4. The van der Waals surface area contributed by atoms with Crippen LogP contribution in [0.25, 0.3) is 0 Å². The Bertz CT molecular complexity index is 925. The molecule has 0 aliphatic heterocycles. The van der Waals surface area contributed by atoms with Crippen LogP contribution >= 0.6 is 0 Å². The van der Waals surface area contributed by atoms with Crippen molar-refractivity contribution < 1.29 is 18.8 Å². The summed E-state index contributed by atoms with van der Waals surface area (Å²) in [5.41, 5.74) is 0.848. The van der Waals surface area contributed by atoms with Gasteiger partial charge in [-0.2, -0.15) is 0 Å². The number of methoxy groups -OCH3 is 2. The van der Waals surface area contributed by atoms with Crippen molar-refractivity contribution in [3.05, 3.63) is 48.1 Å².